The molecule has 5 heteroatoms. The van der Waals surface area contributed by atoms with Gasteiger partial charge in [0, 0.05) is 23.9 Å². The summed E-state index contributed by atoms with van der Waals surface area (Å²) in [7, 11) is 0. The van der Waals surface area contributed by atoms with Crippen molar-refractivity contribution in [1.29, 1.82) is 0 Å². The van der Waals surface area contributed by atoms with Gasteiger partial charge in [0.2, 0.25) is 0 Å². The fourth-order valence-corrected chi connectivity index (χ4v) is 0.726. The quantitative estimate of drug-likeness (QED) is 0.392. The van der Waals surface area contributed by atoms with E-state index in [-0.39, 0.29) is 0 Å². The first-order valence-electron chi connectivity index (χ1n) is 3.06. The Balaban J connectivity index is 3.11. The molecule has 5 nitrogen and oxygen atoms in total. The number of nitrogens with two attached hydrogens (primary N) is 1. The first-order chi connectivity index (χ1) is 5.38. The third-order valence-corrected chi connectivity index (χ3v) is 1.26. The lowest BCUT2D eigenvalue weighted by Crippen LogP contribution is -1.96. The molecule has 0 spiro atoms. The summed E-state index contributed by atoms with van der Waals surface area (Å²) < 4.78 is 0. The third kappa shape index (κ3) is 1.67. The van der Waals surface area contributed by atoms with E-state index in [9.17, 15) is 0 Å². The Bertz CT molecular complexity index is 289. The van der Waals surface area contributed by atoms with E-state index < -0.39 is 0 Å². The molecule has 0 amide bonds. The van der Waals surface area contributed by atoms with E-state index in [4.69, 9.17) is 11.3 Å². The van der Waals surface area contributed by atoms with Crippen LogP contribution in [0.15, 0.2) is 23.6 Å². The van der Waals surface area contributed by atoms with E-state index in [0.717, 1.165) is 5.56 Å². The minimum atomic E-state index is 0.358. The molecule has 0 saturated carbocycles. The number of pyridine rings is 1. The van der Waals surface area contributed by atoms with Gasteiger partial charge >= 0.3 is 0 Å². The van der Waals surface area contributed by atoms with Gasteiger partial charge in [-0.3, -0.25) is 4.98 Å². The maximum atomic E-state index is 8.13. The summed E-state index contributed by atoms with van der Waals surface area (Å²) in [4.78, 5) is 6.44. The number of hydrogen-bond donors (Lipinski definition) is 1. The molecular formula is C6H7N5. The van der Waals surface area contributed by atoms with Crippen LogP contribution in [0, 0.1) is 0 Å². The zero-order valence-corrected chi connectivity index (χ0v) is 5.81. The van der Waals surface area contributed by atoms with Gasteiger partial charge in [0.15, 0.2) is 0 Å². The van der Waals surface area contributed by atoms with Gasteiger partial charge in [0.1, 0.15) is 0 Å². The van der Waals surface area contributed by atoms with Crippen molar-refractivity contribution in [3.63, 3.8) is 0 Å². The number of aromatic nitrogens is 1. The second-order valence-electron chi connectivity index (χ2n) is 1.90. The second kappa shape index (κ2) is 3.55. The van der Waals surface area contributed by atoms with Gasteiger partial charge in [-0.05, 0) is 17.2 Å². The summed E-state index contributed by atoms with van der Waals surface area (Å²) in [6.07, 6.45) is 3.10. The molecule has 1 aromatic rings. The maximum Gasteiger partial charge on any atom is 0.0603 e. The van der Waals surface area contributed by atoms with Crippen molar-refractivity contribution in [2.45, 2.75) is 6.54 Å². The van der Waals surface area contributed by atoms with Crippen molar-refractivity contribution in [1.82, 2.24) is 4.98 Å². The lowest BCUT2D eigenvalue weighted by atomic mass is 10.2. The highest BCUT2D eigenvalue weighted by molar-refractivity contribution is 5.42. The summed E-state index contributed by atoms with van der Waals surface area (Å²) in [5.41, 5.74) is 14.8. The van der Waals surface area contributed by atoms with E-state index in [2.05, 4.69) is 15.0 Å². The molecule has 0 radical (unpaired) electrons. The number of hydrogen-bond acceptors (Lipinski definition) is 3. The van der Waals surface area contributed by atoms with Gasteiger partial charge in [-0.1, -0.05) is 5.11 Å². The van der Waals surface area contributed by atoms with Crippen LogP contribution in [0.2, 0.25) is 0 Å². The minimum absolute atomic E-state index is 0.358. The average Bonchev–Trinajstić information content (AvgIpc) is 2.06. The molecule has 11 heavy (non-hydrogen) atoms. The van der Waals surface area contributed by atoms with Gasteiger partial charge in [0.25, 0.3) is 0 Å². The molecule has 1 rings (SSSR count). The van der Waals surface area contributed by atoms with Crippen molar-refractivity contribution in [2.75, 3.05) is 0 Å². The van der Waals surface area contributed by atoms with Crippen molar-refractivity contribution in [3.8, 4) is 0 Å². The highest BCUT2D eigenvalue weighted by Gasteiger charge is 1.95. The molecule has 56 valence electrons. The van der Waals surface area contributed by atoms with Gasteiger partial charge in [0.05, 0.1) is 5.69 Å². The summed E-state index contributed by atoms with van der Waals surface area (Å²) in [6, 6.07) is 1.73. The summed E-state index contributed by atoms with van der Waals surface area (Å²) >= 11 is 0. The van der Waals surface area contributed by atoms with Gasteiger partial charge in [-0.15, -0.1) is 0 Å². The zero-order valence-electron chi connectivity index (χ0n) is 5.81. The highest BCUT2D eigenvalue weighted by Crippen LogP contribution is 2.15. The maximum absolute atomic E-state index is 8.13. The molecule has 2 N–H and O–H groups in total. The summed E-state index contributed by atoms with van der Waals surface area (Å²) in [5, 5.41) is 3.42. The van der Waals surface area contributed by atoms with Crippen LogP contribution in [0.1, 0.15) is 5.56 Å². The van der Waals surface area contributed by atoms with Crippen LogP contribution in [0.3, 0.4) is 0 Å². The van der Waals surface area contributed by atoms with Crippen molar-refractivity contribution < 1.29 is 0 Å². The van der Waals surface area contributed by atoms with Crippen LogP contribution < -0.4 is 5.73 Å². The van der Waals surface area contributed by atoms with Crippen LogP contribution in [0.4, 0.5) is 5.69 Å². The predicted molar refractivity (Wildman–Crippen MR) is 40.9 cm³/mol. The lowest BCUT2D eigenvalue weighted by Gasteiger charge is -1.97. The fourth-order valence-electron chi connectivity index (χ4n) is 0.726. The van der Waals surface area contributed by atoms with Crippen LogP contribution in [-0.2, 0) is 6.54 Å². The third-order valence-electron chi connectivity index (χ3n) is 1.26. The first-order valence-corrected chi connectivity index (χ1v) is 3.06. The van der Waals surface area contributed by atoms with Crippen molar-refractivity contribution in [2.24, 2.45) is 10.8 Å². The number of rotatable bonds is 2. The van der Waals surface area contributed by atoms with E-state index in [1.807, 2.05) is 0 Å². The monoisotopic (exact) mass is 149 g/mol. The normalized spacial score (nSPS) is 8.82. The summed E-state index contributed by atoms with van der Waals surface area (Å²) in [6.45, 7) is 0.358. The Morgan fingerprint density at radius 2 is 2.55 bits per heavy atom. The standard InChI is InChI=1S/C6H7N5/c7-3-5-1-2-9-4-6(5)10-11-8/h1-2,4H,3,7H2. The zero-order chi connectivity index (χ0) is 8.10. The Morgan fingerprint density at radius 1 is 1.73 bits per heavy atom. The summed E-state index contributed by atoms with van der Waals surface area (Å²) in [5.74, 6) is 0. The Morgan fingerprint density at radius 3 is 3.18 bits per heavy atom. The smallest absolute Gasteiger partial charge is 0.0603 e. The fraction of sp³-hybridized carbons (Fsp3) is 0.167. The molecule has 0 unspecified atom stereocenters. The van der Waals surface area contributed by atoms with Gasteiger partial charge < -0.3 is 5.73 Å². The Kier molecular flexibility index (Phi) is 2.43. The van der Waals surface area contributed by atoms with Crippen molar-refractivity contribution in [3.05, 3.63) is 34.5 Å². The molecule has 1 heterocycles. The SMILES string of the molecule is [N-]=[N+]=Nc1cnccc1CN. The molecule has 1 aromatic heterocycles. The van der Waals surface area contributed by atoms with Crippen LogP contribution >= 0.6 is 0 Å². The first kappa shape index (κ1) is 7.53. The van der Waals surface area contributed by atoms with E-state index in [0.29, 0.717) is 12.2 Å². The Hall–Kier alpha value is -1.58. The lowest BCUT2D eigenvalue weighted by molar-refractivity contribution is 1.05. The molecule has 0 saturated heterocycles. The molecule has 0 aliphatic heterocycles. The number of azide groups is 1. The molecule has 0 aromatic carbocycles. The average molecular weight is 149 g/mol. The van der Waals surface area contributed by atoms with Crippen LogP contribution in [-0.4, -0.2) is 4.98 Å². The molecular weight excluding hydrogens is 142 g/mol. The molecule has 0 aliphatic carbocycles. The van der Waals surface area contributed by atoms with Gasteiger partial charge in [-0.2, -0.15) is 0 Å². The molecule has 0 aliphatic rings. The topological polar surface area (TPSA) is 87.7 Å². The van der Waals surface area contributed by atoms with E-state index in [1.54, 1.807) is 12.3 Å². The van der Waals surface area contributed by atoms with Crippen LogP contribution in [0.25, 0.3) is 10.4 Å². The molecule has 0 atom stereocenters. The van der Waals surface area contributed by atoms with E-state index in [1.165, 1.54) is 6.20 Å². The van der Waals surface area contributed by atoms with Crippen LogP contribution in [0.5, 0.6) is 0 Å². The highest BCUT2D eigenvalue weighted by atomic mass is 15.1. The number of nitrogens with zero attached hydrogens (tertiary/aromatic N) is 4. The second-order valence-corrected chi connectivity index (χ2v) is 1.90. The molecule has 0 fully saturated rings. The van der Waals surface area contributed by atoms with Crippen molar-refractivity contribution >= 4 is 5.69 Å². The molecule has 0 bridgehead atoms. The van der Waals surface area contributed by atoms with E-state index >= 15 is 0 Å². The van der Waals surface area contributed by atoms with Gasteiger partial charge in [-0.25, -0.2) is 0 Å². The largest absolute Gasteiger partial charge is 0.326 e. The minimum Gasteiger partial charge on any atom is -0.326 e. The predicted octanol–water partition coefficient (Wildman–Crippen LogP) is 1.48. The Labute approximate surface area is 63.5 Å².